The fourth-order valence-corrected chi connectivity index (χ4v) is 7.23. The lowest BCUT2D eigenvalue weighted by atomic mass is 9.82. The number of aromatic nitrogens is 1. The van der Waals surface area contributed by atoms with Crippen LogP contribution in [-0.2, 0) is 6.42 Å². The molecule has 3 heterocycles. The molecule has 5 aliphatic rings. The van der Waals surface area contributed by atoms with Gasteiger partial charge < -0.3 is 25.4 Å². The predicted octanol–water partition coefficient (Wildman–Crippen LogP) is 6.43. The molecule has 1 aromatic carbocycles. The van der Waals surface area contributed by atoms with Gasteiger partial charge in [0, 0.05) is 48.0 Å². The van der Waals surface area contributed by atoms with Gasteiger partial charge in [-0.25, -0.2) is 0 Å². The van der Waals surface area contributed by atoms with Crippen molar-refractivity contribution in [3.8, 4) is 5.75 Å². The first-order valence-corrected chi connectivity index (χ1v) is 14.4. The number of aliphatic hydroxyl groups excluding tert-OH is 1. The third-order valence-corrected chi connectivity index (χ3v) is 9.27. The first-order valence-electron chi connectivity index (χ1n) is 14.4. The zero-order valence-electron chi connectivity index (χ0n) is 22.3. The predicted molar refractivity (Wildman–Crippen MR) is 152 cm³/mol. The van der Waals surface area contributed by atoms with Crippen molar-refractivity contribution in [3.63, 3.8) is 0 Å². The topological polar surface area (TPSA) is 69.7 Å². The number of pyridine rings is 1. The van der Waals surface area contributed by atoms with Crippen molar-refractivity contribution < 1.29 is 9.84 Å². The summed E-state index contributed by atoms with van der Waals surface area (Å²) in [6.07, 6.45) is 17.9. The molecule has 2 aliphatic heterocycles. The van der Waals surface area contributed by atoms with Gasteiger partial charge in [0.15, 0.2) is 0 Å². The van der Waals surface area contributed by atoms with Crippen LogP contribution in [0.5, 0.6) is 5.75 Å². The Morgan fingerprint density at radius 2 is 2.11 bits per heavy atom. The number of ether oxygens (including phenoxy) is 1. The first kappa shape index (κ1) is 23.8. The molecular formula is C32H38N4O2. The lowest BCUT2D eigenvalue weighted by molar-refractivity contribution is 0.0286. The third-order valence-electron chi connectivity index (χ3n) is 9.27. The summed E-state index contributed by atoms with van der Waals surface area (Å²) >= 11 is 0. The quantitative estimate of drug-likeness (QED) is 0.430. The van der Waals surface area contributed by atoms with E-state index < -0.39 is 6.10 Å². The highest BCUT2D eigenvalue weighted by Crippen LogP contribution is 2.45. The first-order chi connectivity index (χ1) is 18.6. The molecule has 3 aliphatic carbocycles. The molecule has 2 atom stereocenters. The standard InChI is InChI=1S/C32H38N4O2/c1-21-6-5-7-24-22(19-34-30(21)24)13-17-36-20-32(14-3-2-4-15-32)38-29-18-23(8-10-27(29)36)35-26-12-16-33-31-25(26)9-11-28(31)37/h5-6,8,10,12,16,18-19,24,28,34,37H,2-4,7,9,11,13-15,17,20H2,1H3,(H,33,35). The van der Waals surface area contributed by atoms with Crippen molar-refractivity contribution in [3.05, 3.63) is 76.9 Å². The van der Waals surface area contributed by atoms with Crippen LogP contribution in [-0.4, -0.2) is 28.8 Å². The van der Waals surface area contributed by atoms with Gasteiger partial charge in [0.2, 0.25) is 0 Å². The molecule has 1 spiro atoms. The lowest BCUT2D eigenvalue weighted by Gasteiger charge is -2.47. The zero-order valence-corrected chi connectivity index (χ0v) is 22.3. The van der Waals surface area contributed by atoms with Crippen molar-refractivity contribution in [2.24, 2.45) is 5.92 Å². The maximum Gasteiger partial charge on any atom is 0.145 e. The molecule has 2 unspecified atom stereocenters. The minimum absolute atomic E-state index is 0.0938. The van der Waals surface area contributed by atoms with Gasteiger partial charge in [0.1, 0.15) is 11.4 Å². The third kappa shape index (κ3) is 4.19. The van der Waals surface area contributed by atoms with Gasteiger partial charge in [0.05, 0.1) is 24.0 Å². The van der Waals surface area contributed by atoms with Crippen LogP contribution in [0.15, 0.2) is 65.7 Å². The Morgan fingerprint density at radius 3 is 3.00 bits per heavy atom. The minimum Gasteiger partial charge on any atom is -0.483 e. The number of nitrogens with one attached hydrogen (secondary N) is 2. The molecule has 6 heteroatoms. The van der Waals surface area contributed by atoms with E-state index >= 15 is 0 Å². The van der Waals surface area contributed by atoms with Crippen molar-refractivity contribution in [2.45, 2.75) is 76.4 Å². The molecule has 198 valence electrons. The summed E-state index contributed by atoms with van der Waals surface area (Å²) in [5, 5.41) is 17.5. The summed E-state index contributed by atoms with van der Waals surface area (Å²) in [4.78, 5) is 7.01. The van der Waals surface area contributed by atoms with Crippen molar-refractivity contribution >= 4 is 17.1 Å². The number of nitrogens with zero attached hydrogens (tertiary/aromatic N) is 2. The number of allylic oxidation sites excluding steroid dienone is 4. The fourth-order valence-electron chi connectivity index (χ4n) is 7.23. The second-order valence-electron chi connectivity index (χ2n) is 11.8. The van der Waals surface area contributed by atoms with E-state index in [-0.39, 0.29) is 5.60 Å². The molecule has 0 bridgehead atoms. The van der Waals surface area contributed by atoms with Crippen molar-refractivity contribution in [1.82, 2.24) is 10.3 Å². The Hall–Kier alpha value is -3.25. The summed E-state index contributed by atoms with van der Waals surface area (Å²) in [5.41, 5.74) is 9.37. The van der Waals surface area contributed by atoms with E-state index in [9.17, 15) is 5.11 Å². The zero-order chi connectivity index (χ0) is 25.7. The SMILES string of the molecule is CC1=C2NC=C(CCN3CC4(CCCCC4)Oc4cc(Nc5ccnc6c5CCC6O)ccc43)C2CC=C1. The Bertz CT molecular complexity index is 1340. The largest absolute Gasteiger partial charge is 0.483 e. The Kier molecular flexibility index (Phi) is 5.96. The van der Waals surface area contributed by atoms with Gasteiger partial charge in [-0.05, 0) is 93.2 Å². The monoisotopic (exact) mass is 510 g/mol. The second-order valence-corrected chi connectivity index (χ2v) is 11.8. The van der Waals surface area contributed by atoms with Crippen molar-refractivity contribution in [1.29, 1.82) is 0 Å². The van der Waals surface area contributed by atoms with Crippen LogP contribution in [0.1, 0.15) is 75.7 Å². The molecule has 0 saturated heterocycles. The van der Waals surface area contributed by atoms with E-state index in [2.05, 4.69) is 64.0 Å². The highest BCUT2D eigenvalue weighted by molar-refractivity contribution is 5.72. The smallest absolute Gasteiger partial charge is 0.145 e. The van der Waals surface area contributed by atoms with Gasteiger partial charge in [-0.2, -0.15) is 0 Å². The molecule has 2 aromatic rings. The summed E-state index contributed by atoms with van der Waals surface area (Å²) in [6.45, 7) is 4.18. The van der Waals surface area contributed by atoms with Crippen LogP contribution >= 0.6 is 0 Å². The molecule has 0 amide bonds. The number of fused-ring (bicyclic) bond motifs is 3. The molecule has 1 saturated carbocycles. The normalized spacial score (nSPS) is 24.9. The summed E-state index contributed by atoms with van der Waals surface area (Å²) in [6, 6.07) is 8.59. The Morgan fingerprint density at radius 1 is 1.21 bits per heavy atom. The molecule has 6 nitrogen and oxygen atoms in total. The van der Waals surface area contributed by atoms with Crippen LogP contribution in [0.3, 0.4) is 0 Å². The summed E-state index contributed by atoms with van der Waals surface area (Å²) in [7, 11) is 0. The van der Waals surface area contributed by atoms with E-state index in [0.717, 1.165) is 80.0 Å². The summed E-state index contributed by atoms with van der Waals surface area (Å²) in [5.74, 6) is 1.50. The Labute approximate surface area is 225 Å². The number of anilines is 3. The molecule has 7 rings (SSSR count). The van der Waals surface area contributed by atoms with E-state index in [4.69, 9.17) is 4.74 Å². The van der Waals surface area contributed by atoms with Crippen molar-refractivity contribution in [2.75, 3.05) is 23.3 Å². The van der Waals surface area contributed by atoms with E-state index in [1.54, 1.807) is 6.20 Å². The highest BCUT2D eigenvalue weighted by Gasteiger charge is 2.41. The van der Waals surface area contributed by atoms with Crippen LogP contribution in [0.25, 0.3) is 0 Å². The average Bonchev–Trinajstić information content (AvgIpc) is 3.52. The van der Waals surface area contributed by atoms with E-state index in [0.29, 0.717) is 5.92 Å². The van der Waals surface area contributed by atoms with Gasteiger partial charge >= 0.3 is 0 Å². The Balaban J connectivity index is 1.14. The van der Waals surface area contributed by atoms with E-state index in [1.807, 2.05) is 6.07 Å². The summed E-state index contributed by atoms with van der Waals surface area (Å²) < 4.78 is 6.87. The number of benzene rings is 1. The van der Waals surface area contributed by atoms with Gasteiger partial charge in [-0.1, -0.05) is 18.6 Å². The van der Waals surface area contributed by atoms with Gasteiger partial charge in [0.25, 0.3) is 0 Å². The van der Waals surface area contributed by atoms with Crippen LogP contribution in [0.4, 0.5) is 17.1 Å². The van der Waals surface area contributed by atoms with Gasteiger partial charge in [-0.15, -0.1) is 0 Å². The number of aliphatic hydroxyl groups is 1. The maximum atomic E-state index is 10.3. The molecule has 3 N–H and O–H groups in total. The molecule has 0 radical (unpaired) electrons. The highest BCUT2D eigenvalue weighted by atomic mass is 16.5. The average molecular weight is 511 g/mol. The van der Waals surface area contributed by atoms with E-state index in [1.165, 1.54) is 41.8 Å². The minimum atomic E-state index is -0.455. The lowest BCUT2D eigenvalue weighted by Crippen LogP contribution is -2.52. The van der Waals surface area contributed by atoms with Gasteiger partial charge in [-0.3, -0.25) is 4.98 Å². The van der Waals surface area contributed by atoms with Crippen LogP contribution < -0.4 is 20.3 Å². The van der Waals surface area contributed by atoms with Crippen LogP contribution in [0.2, 0.25) is 0 Å². The molecule has 1 fully saturated rings. The fraction of sp³-hybridized carbons (Fsp3) is 0.469. The molecule has 1 aromatic heterocycles. The number of rotatable bonds is 5. The van der Waals surface area contributed by atoms with Crippen LogP contribution in [0, 0.1) is 5.92 Å². The number of hydrogen-bond acceptors (Lipinski definition) is 6. The number of hydrogen-bond donors (Lipinski definition) is 3. The molecule has 38 heavy (non-hydrogen) atoms. The molecular weight excluding hydrogens is 472 g/mol. The second kappa shape index (κ2) is 9.49. The maximum absolute atomic E-state index is 10.3.